The van der Waals surface area contributed by atoms with E-state index in [-0.39, 0.29) is 18.0 Å². The number of hydrogen-bond acceptors (Lipinski definition) is 7. The molecule has 4 rings (SSSR count). The van der Waals surface area contributed by atoms with Crippen LogP contribution >= 0.6 is 12.2 Å². The first kappa shape index (κ1) is 26.9. The fraction of sp³-hybridized carbons (Fsp3) is 0.500. The molecular weight excluding hydrogens is 505 g/mol. The van der Waals surface area contributed by atoms with E-state index in [1.54, 1.807) is 13.2 Å². The second kappa shape index (κ2) is 12.0. The number of nitrogens with zero attached hydrogens (tertiary/aromatic N) is 4. The number of piperazine rings is 1. The molecule has 2 aromatic rings. The predicted molar refractivity (Wildman–Crippen MR) is 136 cm³/mol. The molecule has 2 fully saturated rings. The van der Waals surface area contributed by atoms with Crippen LogP contribution in [0.25, 0.3) is 0 Å². The fourth-order valence-corrected chi connectivity index (χ4v) is 4.86. The van der Waals surface area contributed by atoms with Gasteiger partial charge in [-0.05, 0) is 49.9 Å². The molecule has 1 saturated carbocycles. The molecular formula is C26H29F3N4O3S. The highest BCUT2D eigenvalue weighted by molar-refractivity contribution is 7.80. The molecule has 37 heavy (non-hydrogen) atoms. The van der Waals surface area contributed by atoms with Crippen molar-refractivity contribution in [2.45, 2.75) is 44.1 Å². The topological polar surface area (TPSA) is 70.8 Å². The van der Waals surface area contributed by atoms with Crippen LogP contribution in [-0.2, 0) is 10.9 Å². The molecule has 0 spiro atoms. The van der Waals surface area contributed by atoms with Gasteiger partial charge < -0.3 is 24.0 Å². The van der Waals surface area contributed by atoms with E-state index in [4.69, 9.17) is 31.7 Å². The van der Waals surface area contributed by atoms with Gasteiger partial charge in [0.05, 0.1) is 55.0 Å². The summed E-state index contributed by atoms with van der Waals surface area (Å²) in [4.78, 5) is 9.48. The van der Waals surface area contributed by atoms with Crippen molar-refractivity contribution in [3.63, 3.8) is 0 Å². The van der Waals surface area contributed by atoms with Crippen LogP contribution in [0, 0.1) is 11.3 Å². The number of thiocarbonyl (C=S) groups is 1. The second-order valence-corrected chi connectivity index (χ2v) is 9.54. The molecule has 0 N–H and O–H groups in total. The minimum absolute atomic E-state index is 0.0381. The average Bonchev–Trinajstić information content (AvgIpc) is 2.92. The van der Waals surface area contributed by atoms with Crippen molar-refractivity contribution < 1.29 is 27.4 Å². The number of alkyl halides is 3. The van der Waals surface area contributed by atoms with Gasteiger partial charge in [-0.15, -0.1) is 0 Å². The van der Waals surface area contributed by atoms with Crippen molar-refractivity contribution in [3.8, 4) is 17.7 Å². The molecule has 198 valence electrons. The lowest BCUT2D eigenvalue weighted by atomic mass is 9.95. The standard InChI is InChI=1S/C26H29F3N4O3S/c1-34-24-9-3-19(16-31-24)32-10-12-33(13-11-32)25(37)17-35-20-5-7-21(8-6-20)36-22-4-2-18(15-30)23(14-22)26(27,28)29/h2-4,9,14,16,20-21H,5-8,10-13,17H2,1H3/t20-,21-. The normalized spacial score (nSPS) is 20.3. The average molecular weight is 535 g/mol. The molecule has 7 nitrogen and oxygen atoms in total. The van der Waals surface area contributed by atoms with Gasteiger partial charge in [0.15, 0.2) is 0 Å². The Morgan fingerprint density at radius 1 is 1.08 bits per heavy atom. The van der Waals surface area contributed by atoms with Crippen LogP contribution in [0.1, 0.15) is 36.8 Å². The summed E-state index contributed by atoms with van der Waals surface area (Å²) in [6.45, 7) is 3.66. The van der Waals surface area contributed by atoms with E-state index >= 15 is 0 Å². The molecule has 2 aliphatic rings. The van der Waals surface area contributed by atoms with Crippen molar-refractivity contribution in [2.75, 3.05) is 44.8 Å². The zero-order valence-electron chi connectivity index (χ0n) is 20.5. The molecule has 0 unspecified atom stereocenters. The number of halogens is 3. The van der Waals surface area contributed by atoms with Crippen LogP contribution in [0.3, 0.4) is 0 Å². The van der Waals surface area contributed by atoms with Crippen LogP contribution in [0.15, 0.2) is 36.5 Å². The summed E-state index contributed by atoms with van der Waals surface area (Å²) in [6, 6.07) is 8.91. The number of pyridine rings is 1. The Balaban J connectivity index is 1.18. The number of aromatic nitrogens is 1. The Labute approximate surface area is 219 Å². The number of ether oxygens (including phenoxy) is 3. The van der Waals surface area contributed by atoms with Gasteiger partial charge in [-0.1, -0.05) is 12.2 Å². The maximum atomic E-state index is 13.2. The Morgan fingerprint density at radius 2 is 1.78 bits per heavy atom. The molecule has 2 heterocycles. The third-order valence-electron chi connectivity index (χ3n) is 6.71. The zero-order valence-corrected chi connectivity index (χ0v) is 21.4. The Hall–Kier alpha value is -3.10. The number of methoxy groups -OCH3 is 1. The maximum Gasteiger partial charge on any atom is 0.417 e. The first-order valence-electron chi connectivity index (χ1n) is 12.2. The lowest BCUT2D eigenvalue weighted by Gasteiger charge is -2.37. The summed E-state index contributed by atoms with van der Waals surface area (Å²) in [5.41, 5.74) is -0.330. The van der Waals surface area contributed by atoms with E-state index in [1.165, 1.54) is 6.07 Å². The molecule has 0 radical (unpaired) electrons. The van der Waals surface area contributed by atoms with Crippen LogP contribution in [0.5, 0.6) is 11.6 Å². The van der Waals surface area contributed by atoms with E-state index in [9.17, 15) is 13.2 Å². The minimum Gasteiger partial charge on any atom is -0.490 e. The monoisotopic (exact) mass is 534 g/mol. The van der Waals surface area contributed by atoms with Gasteiger partial charge in [-0.2, -0.15) is 18.4 Å². The van der Waals surface area contributed by atoms with Gasteiger partial charge in [0, 0.05) is 32.2 Å². The van der Waals surface area contributed by atoms with Crippen molar-refractivity contribution in [1.29, 1.82) is 5.26 Å². The maximum absolute atomic E-state index is 13.2. The highest BCUT2D eigenvalue weighted by Crippen LogP contribution is 2.35. The van der Waals surface area contributed by atoms with Crippen molar-refractivity contribution in [2.24, 2.45) is 0 Å². The highest BCUT2D eigenvalue weighted by Gasteiger charge is 2.34. The number of benzene rings is 1. The Morgan fingerprint density at radius 3 is 2.38 bits per heavy atom. The van der Waals surface area contributed by atoms with Crippen molar-refractivity contribution >= 4 is 22.9 Å². The molecule has 1 aliphatic heterocycles. The number of hydrogen-bond donors (Lipinski definition) is 0. The van der Waals surface area contributed by atoms with Crippen LogP contribution in [-0.4, -0.2) is 67.0 Å². The smallest absolute Gasteiger partial charge is 0.417 e. The molecule has 0 atom stereocenters. The molecule has 1 aliphatic carbocycles. The summed E-state index contributed by atoms with van der Waals surface area (Å²) in [7, 11) is 1.59. The third-order valence-corrected chi connectivity index (χ3v) is 7.09. The molecule has 1 saturated heterocycles. The van der Waals surface area contributed by atoms with Gasteiger partial charge in [0.25, 0.3) is 0 Å². The zero-order chi connectivity index (χ0) is 26.4. The van der Waals surface area contributed by atoms with Gasteiger partial charge in [0.2, 0.25) is 5.88 Å². The first-order valence-corrected chi connectivity index (χ1v) is 12.6. The van der Waals surface area contributed by atoms with Crippen LogP contribution < -0.4 is 14.4 Å². The lowest BCUT2D eigenvalue weighted by Crippen LogP contribution is -2.49. The highest BCUT2D eigenvalue weighted by atomic mass is 32.1. The van der Waals surface area contributed by atoms with E-state index in [0.29, 0.717) is 25.3 Å². The van der Waals surface area contributed by atoms with E-state index < -0.39 is 17.3 Å². The summed E-state index contributed by atoms with van der Waals surface area (Å²) in [5, 5.41) is 8.95. The Bertz CT molecular complexity index is 1110. The first-order chi connectivity index (χ1) is 17.8. The van der Waals surface area contributed by atoms with Gasteiger partial charge in [-0.25, -0.2) is 4.98 Å². The Kier molecular flexibility index (Phi) is 8.71. The number of nitriles is 1. The molecule has 1 aromatic heterocycles. The second-order valence-electron chi connectivity index (χ2n) is 9.07. The lowest BCUT2D eigenvalue weighted by molar-refractivity contribution is -0.137. The minimum atomic E-state index is -4.60. The summed E-state index contributed by atoms with van der Waals surface area (Å²) < 4.78 is 56.6. The van der Waals surface area contributed by atoms with Gasteiger partial charge in [0.1, 0.15) is 10.7 Å². The van der Waals surface area contributed by atoms with Crippen LogP contribution in [0.4, 0.5) is 18.9 Å². The van der Waals surface area contributed by atoms with Crippen molar-refractivity contribution in [1.82, 2.24) is 9.88 Å². The molecule has 11 heteroatoms. The third kappa shape index (κ3) is 7.02. The van der Waals surface area contributed by atoms with Crippen molar-refractivity contribution in [3.05, 3.63) is 47.7 Å². The molecule has 0 bridgehead atoms. The van der Waals surface area contributed by atoms with E-state index in [2.05, 4.69) is 14.8 Å². The summed E-state index contributed by atoms with van der Waals surface area (Å²) in [5.74, 6) is 0.715. The quantitative estimate of drug-likeness (QED) is 0.468. The van der Waals surface area contributed by atoms with Gasteiger partial charge >= 0.3 is 6.18 Å². The molecule has 1 aromatic carbocycles. The van der Waals surface area contributed by atoms with E-state index in [0.717, 1.165) is 61.8 Å². The largest absolute Gasteiger partial charge is 0.490 e. The fourth-order valence-electron chi connectivity index (χ4n) is 4.61. The van der Waals surface area contributed by atoms with Gasteiger partial charge in [-0.3, -0.25) is 0 Å². The van der Waals surface area contributed by atoms with Crippen LogP contribution in [0.2, 0.25) is 0 Å². The molecule has 0 amide bonds. The summed E-state index contributed by atoms with van der Waals surface area (Å²) in [6.07, 6.45) is -0.110. The SMILES string of the molecule is COc1ccc(N2CCN(C(=S)CO[C@H]3CC[C@H](Oc4ccc(C#N)c(C(F)(F)F)c4)CC3)CC2)cn1. The predicted octanol–water partition coefficient (Wildman–Crippen LogP) is 4.84. The van der Waals surface area contributed by atoms with E-state index in [1.807, 2.05) is 18.3 Å². The number of anilines is 1. The number of rotatable bonds is 7. The summed E-state index contributed by atoms with van der Waals surface area (Å²) >= 11 is 5.62.